The zero-order chi connectivity index (χ0) is 15.4. The van der Waals surface area contributed by atoms with Crippen molar-refractivity contribution in [2.24, 2.45) is 5.73 Å². The van der Waals surface area contributed by atoms with Gasteiger partial charge in [-0.15, -0.1) is 0 Å². The summed E-state index contributed by atoms with van der Waals surface area (Å²) in [6, 6.07) is 16.1. The molecule has 2 aromatic carbocycles. The van der Waals surface area contributed by atoms with Crippen molar-refractivity contribution >= 4 is 11.6 Å². The van der Waals surface area contributed by atoms with Gasteiger partial charge in [0.2, 0.25) is 0 Å². The van der Waals surface area contributed by atoms with Gasteiger partial charge in [0.15, 0.2) is 0 Å². The number of para-hydroxylation sites is 1. The van der Waals surface area contributed by atoms with E-state index in [-0.39, 0.29) is 0 Å². The van der Waals surface area contributed by atoms with Crippen LogP contribution in [0.1, 0.15) is 18.4 Å². The minimum atomic E-state index is 0.367. The van der Waals surface area contributed by atoms with Gasteiger partial charge in [0.1, 0.15) is 11.5 Å². The number of halogens is 1. The van der Waals surface area contributed by atoms with Crippen LogP contribution in [-0.2, 0) is 6.54 Å². The molecular formula is C18H21ClN2O. The van der Waals surface area contributed by atoms with E-state index in [9.17, 15) is 0 Å². The van der Waals surface area contributed by atoms with Crippen molar-refractivity contribution in [2.75, 3.05) is 13.1 Å². The molecule has 1 aliphatic rings. The summed E-state index contributed by atoms with van der Waals surface area (Å²) >= 11 is 6.14. The Balaban J connectivity index is 1.66. The summed E-state index contributed by atoms with van der Waals surface area (Å²) in [4.78, 5) is 2.44. The van der Waals surface area contributed by atoms with Gasteiger partial charge in [-0.05, 0) is 55.8 Å². The van der Waals surface area contributed by atoms with Gasteiger partial charge in [-0.1, -0.05) is 35.9 Å². The van der Waals surface area contributed by atoms with Crippen LogP contribution in [-0.4, -0.2) is 24.0 Å². The van der Waals surface area contributed by atoms with E-state index in [0.29, 0.717) is 16.8 Å². The topological polar surface area (TPSA) is 38.5 Å². The summed E-state index contributed by atoms with van der Waals surface area (Å²) in [6.07, 6.45) is 2.16. The van der Waals surface area contributed by atoms with Crippen molar-refractivity contribution in [1.82, 2.24) is 4.90 Å². The first kappa shape index (κ1) is 15.3. The highest BCUT2D eigenvalue weighted by Crippen LogP contribution is 2.29. The highest BCUT2D eigenvalue weighted by molar-refractivity contribution is 6.32. The Labute approximate surface area is 136 Å². The van der Waals surface area contributed by atoms with Gasteiger partial charge in [0.05, 0.1) is 5.02 Å². The van der Waals surface area contributed by atoms with Crippen LogP contribution in [0.5, 0.6) is 11.5 Å². The van der Waals surface area contributed by atoms with E-state index in [4.69, 9.17) is 22.1 Å². The average Bonchev–Trinajstić information content (AvgIpc) is 2.52. The van der Waals surface area contributed by atoms with E-state index >= 15 is 0 Å². The van der Waals surface area contributed by atoms with E-state index in [0.717, 1.165) is 38.2 Å². The van der Waals surface area contributed by atoms with E-state index in [1.54, 1.807) is 0 Å². The first-order valence-electron chi connectivity index (χ1n) is 7.70. The molecule has 1 saturated heterocycles. The van der Waals surface area contributed by atoms with Crippen molar-refractivity contribution in [1.29, 1.82) is 0 Å². The maximum absolute atomic E-state index is 6.14. The highest BCUT2D eigenvalue weighted by Gasteiger charge is 2.16. The number of rotatable bonds is 4. The van der Waals surface area contributed by atoms with Gasteiger partial charge in [-0.2, -0.15) is 0 Å². The Morgan fingerprint density at radius 1 is 1.09 bits per heavy atom. The van der Waals surface area contributed by atoms with Crippen LogP contribution < -0.4 is 10.5 Å². The predicted octanol–water partition coefficient (Wildman–Crippen LogP) is 4.06. The zero-order valence-electron chi connectivity index (χ0n) is 12.5. The molecule has 0 aromatic heterocycles. The number of benzene rings is 2. The first-order valence-corrected chi connectivity index (χ1v) is 8.08. The Morgan fingerprint density at radius 3 is 2.64 bits per heavy atom. The van der Waals surface area contributed by atoms with E-state index in [1.807, 2.05) is 36.4 Å². The number of hydrogen-bond acceptors (Lipinski definition) is 3. The quantitative estimate of drug-likeness (QED) is 0.924. The van der Waals surface area contributed by atoms with Gasteiger partial charge in [-0.25, -0.2) is 0 Å². The van der Waals surface area contributed by atoms with Crippen LogP contribution >= 0.6 is 11.6 Å². The largest absolute Gasteiger partial charge is 0.456 e. The summed E-state index contributed by atoms with van der Waals surface area (Å²) in [5, 5.41) is 0.623. The Morgan fingerprint density at radius 2 is 1.86 bits per heavy atom. The van der Waals surface area contributed by atoms with Crippen LogP contribution in [0, 0.1) is 0 Å². The maximum Gasteiger partial charge on any atom is 0.146 e. The van der Waals surface area contributed by atoms with E-state index in [2.05, 4.69) is 17.0 Å². The standard InChI is InChI=1S/C18H21ClN2O/c19-17-6-1-2-7-18(17)22-16-5-3-4-14(12-16)13-21-10-8-15(20)9-11-21/h1-7,12,15H,8-11,13,20H2. The number of ether oxygens (including phenoxy) is 1. The third kappa shape index (κ3) is 4.01. The van der Waals surface area contributed by atoms with Crippen LogP contribution in [0.3, 0.4) is 0 Å². The van der Waals surface area contributed by atoms with Crippen LogP contribution in [0.25, 0.3) is 0 Å². The summed E-state index contributed by atoms with van der Waals surface area (Å²) < 4.78 is 5.89. The third-order valence-electron chi connectivity index (χ3n) is 4.00. The second kappa shape index (κ2) is 7.14. The van der Waals surface area contributed by atoms with Crippen molar-refractivity contribution < 1.29 is 4.74 Å². The van der Waals surface area contributed by atoms with Gasteiger partial charge in [0, 0.05) is 12.6 Å². The SMILES string of the molecule is NC1CCN(Cc2cccc(Oc3ccccc3Cl)c2)CC1. The van der Waals surface area contributed by atoms with Gasteiger partial charge < -0.3 is 10.5 Å². The molecule has 2 aromatic rings. The lowest BCUT2D eigenvalue weighted by Crippen LogP contribution is -2.39. The van der Waals surface area contributed by atoms with Gasteiger partial charge >= 0.3 is 0 Å². The summed E-state index contributed by atoms with van der Waals surface area (Å²) in [7, 11) is 0. The summed E-state index contributed by atoms with van der Waals surface area (Å²) in [6.45, 7) is 3.07. The molecule has 0 spiro atoms. The van der Waals surface area contributed by atoms with Crippen LogP contribution in [0.4, 0.5) is 0 Å². The smallest absolute Gasteiger partial charge is 0.146 e. The minimum absolute atomic E-state index is 0.367. The van der Waals surface area contributed by atoms with Crippen LogP contribution in [0.15, 0.2) is 48.5 Å². The number of hydrogen-bond donors (Lipinski definition) is 1. The van der Waals surface area contributed by atoms with Crippen molar-refractivity contribution in [3.63, 3.8) is 0 Å². The Bertz CT molecular complexity index is 624. The fourth-order valence-corrected chi connectivity index (χ4v) is 2.91. The number of piperidine rings is 1. The van der Waals surface area contributed by atoms with Crippen molar-refractivity contribution in [3.8, 4) is 11.5 Å². The van der Waals surface area contributed by atoms with E-state index in [1.165, 1.54) is 5.56 Å². The second-order valence-electron chi connectivity index (χ2n) is 5.79. The van der Waals surface area contributed by atoms with Crippen molar-refractivity contribution in [2.45, 2.75) is 25.4 Å². The fraction of sp³-hybridized carbons (Fsp3) is 0.333. The number of nitrogens with zero attached hydrogens (tertiary/aromatic N) is 1. The molecular weight excluding hydrogens is 296 g/mol. The molecule has 3 nitrogen and oxygen atoms in total. The molecule has 3 rings (SSSR count). The lowest BCUT2D eigenvalue weighted by atomic mass is 10.1. The molecule has 0 aliphatic carbocycles. The summed E-state index contributed by atoms with van der Waals surface area (Å²) in [5.41, 5.74) is 7.21. The van der Waals surface area contributed by atoms with E-state index < -0.39 is 0 Å². The lowest BCUT2D eigenvalue weighted by Gasteiger charge is -2.30. The predicted molar refractivity (Wildman–Crippen MR) is 90.5 cm³/mol. The molecule has 0 saturated carbocycles. The molecule has 4 heteroatoms. The minimum Gasteiger partial charge on any atom is -0.456 e. The van der Waals surface area contributed by atoms with Gasteiger partial charge in [-0.3, -0.25) is 4.90 Å². The molecule has 0 atom stereocenters. The second-order valence-corrected chi connectivity index (χ2v) is 6.20. The summed E-state index contributed by atoms with van der Waals surface area (Å²) in [5.74, 6) is 1.50. The molecule has 2 N–H and O–H groups in total. The molecule has 116 valence electrons. The average molecular weight is 317 g/mol. The third-order valence-corrected chi connectivity index (χ3v) is 4.31. The molecule has 1 fully saturated rings. The van der Waals surface area contributed by atoms with Crippen molar-refractivity contribution in [3.05, 3.63) is 59.1 Å². The van der Waals surface area contributed by atoms with Crippen LogP contribution in [0.2, 0.25) is 5.02 Å². The number of likely N-dealkylation sites (tertiary alicyclic amines) is 1. The Kier molecular flexibility index (Phi) is 4.98. The molecule has 0 radical (unpaired) electrons. The molecule has 1 aliphatic heterocycles. The fourth-order valence-electron chi connectivity index (χ4n) is 2.73. The first-order chi connectivity index (χ1) is 10.7. The lowest BCUT2D eigenvalue weighted by molar-refractivity contribution is 0.205. The highest BCUT2D eigenvalue weighted by atomic mass is 35.5. The monoisotopic (exact) mass is 316 g/mol. The Hall–Kier alpha value is -1.55. The number of nitrogens with two attached hydrogens (primary N) is 1. The normalized spacial score (nSPS) is 16.6. The molecule has 0 unspecified atom stereocenters. The molecule has 1 heterocycles. The van der Waals surface area contributed by atoms with Gasteiger partial charge in [0.25, 0.3) is 0 Å². The molecule has 0 bridgehead atoms. The molecule has 22 heavy (non-hydrogen) atoms. The molecule has 0 amide bonds. The maximum atomic E-state index is 6.14. The zero-order valence-corrected chi connectivity index (χ0v) is 13.3.